The molecule has 0 aromatic heterocycles. The Hall–Kier alpha value is -1.22. The third-order valence-electron chi connectivity index (χ3n) is 3.09. The number of likely N-dealkylation sites (tertiary alicyclic amines) is 1. The van der Waals surface area contributed by atoms with Crippen LogP contribution in [-0.2, 0) is 0 Å². The lowest BCUT2D eigenvalue weighted by Crippen LogP contribution is -2.40. The number of hydrogen-bond donors (Lipinski definition) is 1. The first-order valence-electron chi connectivity index (χ1n) is 6.02. The van der Waals surface area contributed by atoms with Gasteiger partial charge in [0.1, 0.15) is 11.9 Å². The molecule has 0 unspecified atom stereocenters. The van der Waals surface area contributed by atoms with E-state index in [1.165, 1.54) is 13.0 Å². The average Bonchev–Trinajstić information content (AvgIpc) is 2.32. The summed E-state index contributed by atoms with van der Waals surface area (Å²) in [7, 11) is 0. The van der Waals surface area contributed by atoms with Gasteiger partial charge in [-0.25, -0.2) is 0 Å². The number of nitrogens with two attached hydrogens (primary N) is 1. The number of benzene rings is 1. The predicted octanol–water partition coefficient (Wildman–Crippen LogP) is 2.13. The molecule has 1 atom stereocenters. The molecule has 0 amide bonds. The van der Waals surface area contributed by atoms with E-state index >= 15 is 0 Å². The second-order valence-corrected chi connectivity index (χ2v) is 4.34. The van der Waals surface area contributed by atoms with Crippen LogP contribution in [0.2, 0.25) is 0 Å². The lowest BCUT2D eigenvalue weighted by atomic mass is 10.1. The van der Waals surface area contributed by atoms with Crippen LogP contribution in [-0.4, -0.2) is 30.6 Å². The Labute approximate surface area is 97.2 Å². The smallest absolute Gasteiger partial charge is 0.119 e. The molecule has 1 heterocycles. The van der Waals surface area contributed by atoms with Gasteiger partial charge in [0.2, 0.25) is 0 Å². The highest BCUT2D eigenvalue weighted by molar-refractivity contribution is 5.41. The van der Waals surface area contributed by atoms with Gasteiger partial charge in [0.05, 0.1) is 0 Å². The number of anilines is 1. The monoisotopic (exact) mass is 220 g/mol. The van der Waals surface area contributed by atoms with Crippen molar-refractivity contribution in [2.75, 3.05) is 25.4 Å². The van der Waals surface area contributed by atoms with Crippen molar-refractivity contribution >= 4 is 5.69 Å². The highest BCUT2D eigenvalue weighted by Gasteiger charge is 2.19. The summed E-state index contributed by atoms with van der Waals surface area (Å²) in [5.74, 6) is 0.928. The minimum Gasteiger partial charge on any atom is -0.489 e. The van der Waals surface area contributed by atoms with E-state index in [2.05, 4.69) is 11.8 Å². The van der Waals surface area contributed by atoms with Crippen molar-refractivity contribution in [3.8, 4) is 5.75 Å². The van der Waals surface area contributed by atoms with E-state index < -0.39 is 0 Å². The highest BCUT2D eigenvalue weighted by Crippen LogP contribution is 2.19. The number of rotatable bonds is 3. The number of hydrogen-bond acceptors (Lipinski definition) is 3. The fourth-order valence-electron chi connectivity index (χ4n) is 2.14. The van der Waals surface area contributed by atoms with Crippen molar-refractivity contribution in [1.29, 1.82) is 0 Å². The van der Waals surface area contributed by atoms with Crippen molar-refractivity contribution in [2.45, 2.75) is 25.9 Å². The molecule has 16 heavy (non-hydrogen) atoms. The van der Waals surface area contributed by atoms with Gasteiger partial charge >= 0.3 is 0 Å². The number of nitrogen functional groups attached to an aromatic ring is 1. The van der Waals surface area contributed by atoms with Crippen LogP contribution in [0.25, 0.3) is 0 Å². The number of likely N-dealkylation sites (N-methyl/N-ethyl adjacent to an activating group) is 1. The Morgan fingerprint density at radius 3 is 2.81 bits per heavy atom. The molecule has 1 aromatic rings. The Balaban J connectivity index is 1.91. The molecule has 0 bridgehead atoms. The molecule has 2 rings (SSSR count). The van der Waals surface area contributed by atoms with Crippen LogP contribution in [0.15, 0.2) is 24.3 Å². The average molecular weight is 220 g/mol. The number of ether oxygens (including phenoxy) is 1. The van der Waals surface area contributed by atoms with Gasteiger partial charge in [-0.2, -0.15) is 0 Å². The van der Waals surface area contributed by atoms with Crippen LogP contribution in [0.1, 0.15) is 19.8 Å². The molecule has 0 aliphatic carbocycles. The highest BCUT2D eigenvalue weighted by atomic mass is 16.5. The first-order valence-corrected chi connectivity index (χ1v) is 6.02. The van der Waals surface area contributed by atoms with Crippen LogP contribution in [0.5, 0.6) is 5.75 Å². The molecule has 2 N–H and O–H groups in total. The minimum atomic E-state index is 0.331. The van der Waals surface area contributed by atoms with Crippen LogP contribution < -0.4 is 10.5 Å². The fourth-order valence-corrected chi connectivity index (χ4v) is 2.14. The topological polar surface area (TPSA) is 38.5 Å². The first kappa shape index (κ1) is 11.3. The van der Waals surface area contributed by atoms with Crippen molar-refractivity contribution < 1.29 is 4.74 Å². The predicted molar refractivity (Wildman–Crippen MR) is 66.6 cm³/mol. The third-order valence-corrected chi connectivity index (χ3v) is 3.09. The second kappa shape index (κ2) is 5.21. The molecule has 3 heteroatoms. The van der Waals surface area contributed by atoms with E-state index in [0.29, 0.717) is 6.10 Å². The molecule has 1 fully saturated rings. The number of piperidine rings is 1. The number of nitrogens with zero attached hydrogens (tertiary/aromatic N) is 1. The quantitative estimate of drug-likeness (QED) is 0.793. The Morgan fingerprint density at radius 1 is 1.38 bits per heavy atom. The summed E-state index contributed by atoms with van der Waals surface area (Å²) in [6, 6.07) is 7.66. The van der Waals surface area contributed by atoms with Crippen molar-refractivity contribution in [3.05, 3.63) is 24.3 Å². The lowest BCUT2D eigenvalue weighted by Gasteiger charge is -2.32. The third kappa shape index (κ3) is 2.89. The summed E-state index contributed by atoms with van der Waals surface area (Å²) in [5, 5.41) is 0. The molecule has 0 radical (unpaired) electrons. The van der Waals surface area contributed by atoms with Gasteiger partial charge in [0, 0.05) is 12.2 Å². The van der Waals surface area contributed by atoms with Crippen LogP contribution >= 0.6 is 0 Å². The molecular formula is C13H20N2O. The van der Waals surface area contributed by atoms with Crippen LogP contribution in [0.4, 0.5) is 5.69 Å². The molecule has 1 aliphatic rings. The SMILES string of the molecule is CCN1CCC[C@H](Oc2ccc(N)cc2)C1. The van der Waals surface area contributed by atoms with Gasteiger partial charge < -0.3 is 10.5 Å². The van der Waals surface area contributed by atoms with E-state index in [-0.39, 0.29) is 0 Å². The van der Waals surface area contributed by atoms with E-state index in [1.807, 2.05) is 24.3 Å². The molecule has 0 saturated carbocycles. The van der Waals surface area contributed by atoms with Crippen molar-refractivity contribution in [3.63, 3.8) is 0 Å². The molecule has 1 aliphatic heterocycles. The second-order valence-electron chi connectivity index (χ2n) is 4.34. The first-order chi connectivity index (χ1) is 7.78. The van der Waals surface area contributed by atoms with Crippen molar-refractivity contribution in [1.82, 2.24) is 4.90 Å². The maximum absolute atomic E-state index is 5.95. The van der Waals surface area contributed by atoms with Crippen LogP contribution in [0.3, 0.4) is 0 Å². The van der Waals surface area contributed by atoms with Gasteiger partial charge in [-0.1, -0.05) is 6.92 Å². The summed E-state index contributed by atoms with van der Waals surface area (Å²) < 4.78 is 5.95. The summed E-state index contributed by atoms with van der Waals surface area (Å²) in [4.78, 5) is 2.44. The van der Waals surface area contributed by atoms with Gasteiger partial charge in [0.15, 0.2) is 0 Å². The Morgan fingerprint density at radius 2 is 2.12 bits per heavy atom. The minimum absolute atomic E-state index is 0.331. The summed E-state index contributed by atoms with van der Waals surface area (Å²) in [6.07, 6.45) is 2.71. The van der Waals surface area contributed by atoms with E-state index in [9.17, 15) is 0 Å². The lowest BCUT2D eigenvalue weighted by molar-refractivity contribution is 0.0920. The molecule has 88 valence electrons. The van der Waals surface area contributed by atoms with Crippen LogP contribution in [0, 0.1) is 0 Å². The molecule has 3 nitrogen and oxygen atoms in total. The Bertz CT molecular complexity index is 323. The molecular weight excluding hydrogens is 200 g/mol. The van der Waals surface area contributed by atoms with Gasteiger partial charge in [0.25, 0.3) is 0 Å². The Kier molecular flexibility index (Phi) is 3.67. The van der Waals surface area contributed by atoms with E-state index in [0.717, 1.165) is 30.9 Å². The maximum atomic E-state index is 5.95. The summed E-state index contributed by atoms with van der Waals surface area (Å²) in [6.45, 7) is 5.56. The van der Waals surface area contributed by atoms with Gasteiger partial charge in [-0.3, -0.25) is 4.90 Å². The zero-order chi connectivity index (χ0) is 11.4. The zero-order valence-corrected chi connectivity index (χ0v) is 9.86. The van der Waals surface area contributed by atoms with E-state index in [4.69, 9.17) is 10.5 Å². The summed E-state index contributed by atoms with van der Waals surface area (Å²) >= 11 is 0. The molecule has 0 spiro atoms. The fraction of sp³-hybridized carbons (Fsp3) is 0.538. The van der Waals surface area contributed by atoms with Gasteiger partial charge in [-0.15, -0.1) is 0 Å². The standard InChI is InChI=1S/C13H20N2O/c1-2-15-9-3-4-13(10-15)16-12-7-5-11(14)6-8-12/h5-8,13H,2-4,9-10,14H2,1H3/t13-/m0/s1. The molecule has 1 saturated heterocycles. The van der Waals surface area contributed by atoms with E-state index in [1.54, 1.807) is 0 Å². The largest absolute Gasteiger partial charge is 0.489 e. The van der Waals surface area contributed by atoms with Crippen molar-refractivity contribution in [2.24, 2.45) is 0 Å². The molecule has 1 aromatic carbocycles. The van der Waals surface area contributed by atoms with Gasteiger partial charge in [-0.05, 0) is 50.2 Å². The normalized spacial score (nSPS) is 21.9. The zero-order valence-electron chi connectivity index (χ0n) is 9.86. The maximum Gasteiger partial charge on any atom is 0.119 e. The summed E-state index contributed by atoms with van der Waals surface area (Å²) in [5.41, 5.74) is 6.42.